The molecule has 3 rings (SSSR count). The molecule has 138 valence electrons. The lowest BCUT2D eigenvalue weighted by atomic mass is 10.2. The fourth-order valence-corrected chi connectivity index (χ4v) is 2.42. The van der Waals surface area contributed by atoms with Crippen LogP contribution in [0.4, 0.5) is 10.1 Å². The average molecular weight is 392 g/mol. The number of non-ortho nitro benzene ring substituents is 1. The van der Waals surface area contributed by atoms with Gasteiger partial charge in [0.2, 0.25) is 5.89 Å². The Morgan fingerprint density at radius 3 is 2.59 bits per heavy atom. The summed E-state index contributed by atoms with van der Waals surface area (Å²) in [4.78, 5) is 22.3. The summed E-state index contributed by atoms with van der Waals surface area (Å²) < 4.78 is 23.6. The maximum Gasteiger partial charge on any atom is 0.340 e. The predicted octanol–water partition coefficient (Wildman–Crippen LogP) is 4.36. The van der Waals surface area contributed by atoms with E-state index in [-0.39, 0.29) is 28.1 Å². The minimum atomic E-state index is -0.898. The third-order valence-electron chi connectivity index (χ3n) is 3.55. The molecular formula is C17H11ClFN3O5. The van der Waals surface area contributed by atoms with Gasteiger partial charge in [-0.25, -0.2) is 9.18 Å². The molecule has 3 aromatic rings. The monoisotopic (exact) mass is 391 g/mol. The van der Waals surface area contributed by atoms with Crippen LogP contribution in [0, 0.1) is 15.9 Å². The Kier molecular flexibility index (Phi) is 5.13. The molecule has 0 saturated heterocycles. The van der Waals surface area contributed by atoms with Crippen LogP contribution < -0.4 is 0 Å². The summed E-state index contributed by atoms with van der Waals surface area (Å²) in [6.07, 6.45) is -0.898. The van der Waals surface area contributed by atoms with E-state index in [1.54, 1.807) is 0 Å². The lowest BCUT2D eigenvalue weighted by Crippen LogP contribution is -2.10. The largest absolute Gasteiger partial charge is 0.449 e. The lowest BCUT2D eigenvalue weighted by molar-refractivity contribution is -0.384. The zero-order valence-corrected chi connectivity index (χ0v) is 14.5. The highest BCUT2D eigenvalue weighted by Gasteiger charge is 2.22. The molecule has 0 radical (unpaired) electrons. The molecule has 1 atom stereocenters. The molecule has 0 bridgehead atoms. The number of rotatable bonds is 5. The van der Waals surface area contributed by atoms with Crippen molar-refractivity contribution in [2.45, 2.75) is 13.0 Å². The molecule has 1 aromatic heterocycles. The third-order valence-corrected chi connectivity index (χ3v) is 3.86. The summed E-state index contributed by atoms with van der Waals surface area (Å²) in [6, 6.07) is 8.85. The minimum absolute atomic E-state index is 0.0284. The van der Waals surface area contributed by atoms with E-state index in [1.165, 1.54) is 37.3 Å². The smallest absolute Gasteiger partial charge is 0.340 e. The second-order valence-corrected chi connectivity index (χ2v) is 5.83. The van der Waals surface area contributed by atoms with Gasteiger partial charge < -0.3 is 9.15 Å². The zero-order valence-electron chi connectivity index (χ0n) is 13.8. The molecular weight excluding hydrogens is 381 g/mol. The zero-order chi connectivity index (χ0) is 19.6. The standard InChI is InChI=1S/C17H11ClFN3O5/c1-9(15-20-21-16(27-15)10-2-4-11(19)5-3-10)26-17(23)13-7-6-12(22(24)25)8-14(13)18/h2-9H,1H3/t9-/m0/s1. The van der Waals surface area contributed by atoms with E-state index in [2.05, 4.69) is 10.2 Å². The number of hydrogen-bond acceptors (Lipinski definition) is 7. The lowest BCUT2D eigenvalue weighted by Gasteiger charge is -2.10. The molecule has 1 heterocycles. The molecule has 27 heavy (non-hydrogen) atoms. The van der Waals surface area contributed by atoms with Gasteiger partial charge in [0.1, 0.15) is 5.82 Å². The van der Waals surface area contributed by atoms with Gasteiger partial charge in [-0.1, -0.05) is 11.6 Å². The Labute approximate surface area is 156 Å². The highest BCUT2D eigenvalue weighted by atomic mass is 35.5. The normalized spacial score (nSPS) is 11.8. The van der Waals surface area contributed by atoms with Crippen molar-refractivity contribution in [1.82, 2.24) is 10.2 Å². The van der Waals surface area contributed by atoms with Crippen molar-refractivity contribution in [3.63, 3.8) is 0 Å². The second-order valence-electron chi connectivity index (χ2n) is 5.42. The molecule has 8 nitrogen and oxygen atoms in total. The highest BCUT2D eigenvalue weighted by molar-refractivity contribution is 6.33. The summed E-state index contributed by atoms with van der Waals surface area (Å²) in [5, 5.41) is 18.3. The molecule has 0 saturated carbocycles. The predicted molar refractivity (Wildman–Crippen MR) is 91.6 cm³/mol. The van der Waals surface area contributed by atoms with Crippen LogP contribution in [-0.2, 0) is 4.74 Å². The summed E-state index contributed by atoms with van der Waals surface area (Å²) in [7, 11) is 0. The van der Waals surface area contributed by atoms with Crippen LogP contribution in [0.15, 0.2) is 46.9 Å². The number of nitro groups is 1. The Hall–Kier alpha value is -3.33. The topological polar surface area (TPSA) is 108 Å². The van der Waals surface area contributed by atoms with Crippen molar-refractivity contribution in [2.24, 2.45) is 0 Å². The molecule has 0 aliphatic rings. The number of carbonyl (C=O) groups excluding carboxylic acids is 1. The van der Waals surface area contributed by atoms with Gasteiger partial charge in [0.15, 0.2) is 6.10 Å². The third kappa shape index (κ3) is 4.09. The van der Waals surface area contributed by atoms with E-state index in [1.807, 2.05) is 0 Å². The molecule has 0 N–H and O–H groups in total. The number of carbonyl (C=O) groups is 1. The van der Waals surface area contributed by atoms with Crippen LogP contribution >= 0.6 is 11.6 Å². The van der Waals surface area contributed by atoms with Crippen LogP contribution in [0.5, 0.6) is 0 Å². The van der Waals surface area contributed by atoms with Gasteiger partial charge in [-0.3, -0.25) is 10.1 Å². The second kappa shape index (κ2) is 7.50. The van der Waals surface area contributed by atoms with Crippen LogP contribution in [0.2, 0.25) is 5.02 Å². The summed E-state index contributed by atoms with van der Waals surface area (Å²) in [6.45, 7) is 1.51. The van der Waals surface area contributed by atoms with E-state index in [0.29, 0.717) is 5.56 Å². The number of halogens is 2. The van der Waals surface area contributed by atoms with Gasteiger partial charge in [0.25, 0.3) is 11.6 Å². The molecule has 0 amide bonds. The summed E-state index contributed by atoms with van der Waals surface area (Å²) >= 11 is 5.91. The number of hydrogen-bond donors (Lipinski definition) is 0. The Morgan fingerprint density at radius 2 is 1.96 bits per heavy atom. The van der Waals surface area contributed by atoms with Crippen molar-refractivity contribution in [3.8, 4) is 11.5 Å². The van der Waals surface area contributed by atoms with Crippen molar-refractivity contribution in [2.75, 3.05) is 0 Å². The molecule has 0 spiro atoms. The number of benzene rings is 2. The highest BCUT2D eigenvalue weighted by Crippen LogP contribution is 2.26. The van der Waals surface area contributed by atoms with Gasteiger partial charge in [-0.15, -0.1) is 10.2 Å². The molecule has 0 aliphatic carbocycles. The van der Waals surface area contributed by atoms with Gasteiger partial charge in [0, 0.05) is 17.7 Å². The molecule has 10 heteroatoms. The van der Waals surface area contributed by atoms with E-state index in [9.17, 15) is 19.3 Å². The fourth-order valence-electron chi connectivity index (χ4n) is 2.17. The van der Waals surface area contributed by atoms with Crippen LogP contribution in [0.1, 0.15) is 29.3 Å². The van der Waals surface area contributed by atoms with Gasteiger partial charge in [-0.2, -0.15) is 0 Å². The number of esters is 1. The fraction of sp³-hybridized carbons (Fsp3) is 0.118. The summed E-state index contributed by atoms with van der Waals surface area (Å²) in [5.74, 6) is -1.04. The first kappa shape index (κ1) is 18.5. The minimum Gasteiger partial charge on any atom is -0.449 e. The average Bonchev–Trinajstić information content (AvgIpc) is 3.12. The molecule has 0 unspecified atom stereocenters. The quantitative estimate of drug-likeness (QED) is 0.361. The Bertz CT molecular complexity index is 1010. The Balaban J connectivity index is 1.74. The van der Waals surface area contributed by atoms with Gasteiger partial charge >= 0.3 is 5.97 Å². The maximum atomic E-state index is 13.0. The molecule has 0 fully saturated rings. The van der Waals surface area contributed by atoms with Crippen molar-refractivity contribution < 1.29 is 23.3 Å². The molecule has 2 aromatic carbocycles. The van der Waals surface area contributed by atoms with Crippen molar-refractivity contribution in [3.05, 3.63) is 74.9 Å². The van der Waals surface area contributed by atoms with Crippen LogP contribution in [-0.4, -0.2) is 21.1 Å². The number of aromatic nitrogens is 2. The Morgan fingerprint density at radius 1 is 1.26 bits per heavy atom. The first-order valence-corrected chi connectivity index (χ1v) is 7.97. The van der Waals surface area contributed by atoms with Crippen molar-refractivity contribution in [1.29, 1.82) is 0 Å². The van der Waals surface area contributed by atoms with E-state index < -0.39 is 22.8 Å². The van der Waals surface area contributed by atoms with E-state index in [0.717, 1.165) is 12.1 Å². The van der Waals surface area contributed by atoms with Crippen molar-refractivity contribution >= 4 is 23.3 Å². The van der Waals surface area contributed by atoms with E-state index in [4.69, 9.17) is 20.8 Å². The maximum absolute atomic E-state index is 13.0. The van der Waals surface area contributed by atoms with Crippen LogP contribution in [0.3, 0.4) is 0 Å². The summed E-state index contributed by atoms with van der Waals surface area (Å²) in [5.41, 5.74) is 0.227. The first-order chi connectivity index (χ1) is 12.8. The number of nitrogens with zero attached hydrogens (tertiary/aromatic N) is 3. The molecule has 0 aliphatic heterocycles. The number of nitro benzene ring substituents is 1. The van der Waals surface area contributed by atoms with Gasteiger partial charge in [0.05, 0.1) is 15.5 Å². The van der Waals surface area contributed by atoms with Gasteiger partial charge in [-0.05, 0) is 37.3 Å². The first-order valence-electron chi connectivity index (χ1n) is 7.59. The number of ether oxygens (including phenoxy) is 1. The SMILES string of the molecule is C[C@H](OC(=O)c1ccc([N+](=O)[O-])cc1Cl)c1nnc(-c2ccc(F)cc2)o1. The van der Waals surface area contributed by atoms with E-state index >= 15 is 0 Å². The van der Waals surface area contributed by atoms with Crippen LogP contribution in [0.25, 0.3) is 11.5 Å².